The molecule has 0 amide bonds. The van der Waals surface area contributed by atoms with Crippen molar-refractivity contribution in [3.63, 3.8) is 0 Å². The molecule has 126 valence electrons. The number of anilines is 1. The van der Waals surface area contributed by atoms with Crippen molar-refractivity contribution in [3.05, 3.63) is 33.5 Å². The van der Waals surface area contributed by atoms with Gasteiger partial charge in [-0.1, -0.05) is 0 Å². The predicted molar refractivity (Wildman–Crippen MR) is 101 cm³/mol. The zero-order valence-corrected chi connectivity index (χ0v) is 16.6. The van der Waals surface area contributed by atoms with Gasteiger partial charge in [-0.05, 0) is 22.0 Å². The Bertz CT molecular complexity index is 675. The molecule has 1 N–H and O–H groups in total. The summed E-state index contributed by atoms with van der Waals surface area (Å²) >= 11 is 5.15. The SMILES string of the molecule is CN=C(NCc1csc(N(C)C)n1)N(C)Cc1cc(Br)cn1C. The van der Waals surface area contributed by atoms with E-state index in [2.05, 4.69) is 58.3 Å². The Labute approximate surface area is 150 Å². The van der Waals surface area contributed by atoms with Crippen LogP contribution in [0.2, 0.25) is 0 Å². The van der Waals surface area contributed by atoms with Crippen molar-refractivity contribution in [3.8, 4) is 0 Å². The number of nitrogens with one attached hydrogen (secondary N) is 1. The predicted octanol–water partition coefficient (Wildman–Crippen LogP) is 2.52. The van der Waals surface area contributed by atoms with Crippen molar-refractivity contribution in [2.45, 2.75) is 13.1 Å². The summed E-state index contributed by atoms with van der Waals surface area (Å²) in [7, 11) is 9.87. The third-order valence-corrected chi connectivity index (χ3v) is 4.89. The van der Waals surface area contributed by atoms with Crippen LogP contribution >= 0.6 is 27.3 Å². The lowest BCUT2D eigenvalue weighted by molar-refractivity contribution is 0.461. The van der Waals surface area contributed by atoms with Gasteiger partial charge in [0.15, 0.2) is 11.1 Å². The van der Waals surface area contributed by atoms with Gasteiger partial charge >= 0.3 is 0 Å². The average Bonchev–Trinajstić information content (AvgIpc) is 3.07. The highest BCUT2D eigenvalue weighted by Crippen LogP contribution is 2.18. The van der Waals surface area contributed by atoms with E-state index in [0.29, 0.717) is 6.54 Å². The molecule has 2 rings (SSSR count). The molecule has 6 nitrogen and oxygen atoms in total. The zero-order chi connectivity index (χ0) is 17.0. The Morgan fingerprint density at radius 1 is 1.43 bits per heavy atom. The maximum absolute atomic E-state index is 4.57. The molecule has 0 aliphatic rings. The number of rotatable bonds is 5. The first kappa shape index (κ1) is 17.8. The average molecular weight is 399 g/mol. The minimum absolute atomic E-state index is 0.665. The lowest BCUT2D eigenvalue weighted by atomic mass is 10.4. The van der Waals surface area contributed by atoms with Gasteiger partial charge in [0, 0.05) is 57.0 Å². The third kappa shape index (κ3) is 4.71. The van der Waals surface area contributed by atoms with Gasteiger partial charge in [0.2, 0.25) is 0 Å². The fourth-order valence-corrected chi connectivity index (χ4v) is 3.51. The summed E-state index contributed by atoms with van der Waals surface area (Å²) in [5.41, 5.74) is 2.24. The monoisotopic (exact) mass is 398 g/mol. The number of halogens is 1. The summed E-state index contributed by atoms with van der Waals surface area (Å²) in [6.07, 6.45) is 2.05. The van der Waals surface area contributed by atoms with E-state index in [1.807, 2.05) is 33.1 Å². The normalized spacial score (nSPS) is 11.7. The molecule has 0 saturated heterocycles. The number of aliphatic imine (C=N–C) groups is 1. The van der Waals surface area contributed by atoms with E-state index >= 15 is 0 Å². The summed E-state index contributed by atoms with van der Waals surface area (Å²) < 4.78 is 3.20. The molecule has 2 heterocycles. The van der Waals surface area contributed by atoms with Crippen LogP contribution in [0.4, 0.5) is 5.13 Å². The zero-order valence-electron chi connectivity index (χ0n) is 14.2. The first-order valence-electron chi connectivity index (χ1n) is 7.25. The van der Waals surface area contributed by atoms with E-state index in [4.69, 9.17) is 0 Å². The molecule has 8 heteroatoms. The number of aromatic nitrogens is 2. The van der Waals surface area contributed by atoms with Crippen LogP contribution < -0.4 is 10.2 Å². The van der Waals surface area contributed by atoms with E-state index in [0.717, 1.165) is 27.8 Å². The summed E-state index contributed by atoms with van der Waals surface area (Å²) in [5, 5.41) is 6.45. The highest BCUT2D eigenvalue weighted by Gasteiger charge is 2.10. The molecule has 0 aliphatic carbocycles. The quantitative estimate of drug-likeness (QED) is 0.620. The molecule has 0 atom stereocenters. The Hall–Kier alpha value is -1.54. The fraction of sp³-hybridized carbons (Fsp3) is 0.467. The van der Waals surface area contributed by atoms with Gasteiger partial charge in [-0.3, -0.25) is 4.99 Å². The van der Waals surface area contributed by atoms with Crippen LogP contribution in [0, 0.1) is 0 Å². The first-order valence-corrected chi connectivity index (χ1v) is 8.92. The van der Waals surface area contributed by atoms with E-state index in [-0.39, 0.29) is 0 Å². The summed E-state index contributed by atoms with van der Waals surface area (Å²) in [4.78, 5) is 13.0. The van der Waals surface area contributed by atoms with Crippen LogP contribution in [-0.4, -0.2) is 48.6 Å². The van der Waals surface area contributed by atoms with Gasteiger partial charge in [0.05, 0.1) is 18.8 Å². The molecule has 2 aromatic rings. The van der Waals surface area contributed by atoms with Crippen molar-refractivity contribution in [1.29, 1.82) is 0 Å². The molecule has 0 saturated carbocycles. The second-order valence-corrected chi connectivity index (χ2v) is 7.29. The van der Waals surface area contributed by atoms with Crippen LogP contribution in [0.1, 0.15) is 11.4 Å². The number of guanidine groups is 1. The molecule has 0 fully saturated rings. The Kier molecular flexibility index (Phi) is 6.06. The van der Waals surface area contributed by atoms with Gasteiger partial charge in [-0.25, -0.2) is 4.98 Å². The van der Waals surface area contributed by atoms with E-state index in [9.17, 15) is 0 Å². The van der Waals surface area contributed by atoms with E-state index in [1.165, 1.54) is 5.69 Å². The molecule has 2 aromatic heterocycles. The number of thiazole rings is 1. The molecule has 0 aliphatic heterocycles. The maximum Gasteiger partial charge on any atom is 0.194 e. The second kappa shape index (κ2) is 7.83. The van der Waals surface area contributed by atoms with Crippen LogP contribution in [0.5, 0.6) is 0 Å². The topological polar surface area (TPSA) is 48.7 Å². The minimum atomic E-state index is 0.665. The Morgan fingerprint density at radius 3 is 2.70 bits per heavy atom. The summed E-state index contributed by atoms with van der Waals surface area (Å²) in [6.45, 7) is 1.44. The molecule has 0 spiro atoms. The van der Waals surface area contributed by atoms with Gasteiger partial charge in [-0.2, -0.15) is 0 Å². The molecular formula is C15H23BrN6S. The van der Waals surface area contributed by atoms with Crippen molar-refractivity contribution >= 4 is 38.4 Å². The summed E-state index contributed by atoms with van der Waals surface area (Å²) in [5.74, 6) is 0.849. The van der Waals surface area contributed by atoms with Crippen LogP contribution in [0.3, 0.4) is 0 Å². The summed E-state index contributed by atoms with van der Waals surface area (Å²) in [6, 6.07) is 2.12. The Balaban J connectivity index is 1.95. The van der Waals surface area contributed by atoms with Crippen LogP contribution in [0.15, 0.2) is 27.1 Å². The van der Waals surface area contributed by atoms with Crippen molar-refractivity contribution in [2.75, 3.05) is 33.1 Å². The van der Waals surface area contributed by atoms with Gasteiger partial charge in [0.25, 0.3) is 0 Å². The molecule has 0 aromatic carbocycles. The molecular weight excluding hydrogens is 376 g/mol. The minimum Gasteiger partial charge on any atom is -0.354 e. The highest BCUT2D eigenvalue weighted by atomic mass is 79.9. The lowest BCUT2D eigenvalue weighted by Crippen LogP contribution is -2.38. The smallest absolute Gasteiger partial charge is 0.194 e. The van der Waals surface area contributed by atoms with Crippen LogP contribution in [0.25, 0.3) is 0 Å². The van der Waals surface area contributed by atoms with Crippen LogP contribution in [-0.2, 0) is 20.1 Å². The van der Waals surface area contributed by atoms with E-state index < -0.39 is 0 Å². The molecule has 0 bridgehead atoms. The van der Waals surface area contributed by atoms with Gasteiger partial charge in [0.1, 0.15) is 0 Å². The van der Waals surface area contributed by atoms with Gasteiger partial charge in [-0.15, -0.1) is 11.3 Å². The fourth-order valence-electron chi connectivity index (χ4n) is 2.18. The molecule has 23 heavy (non-hydrogen) atoms. The number of aryl methyl sites for hydroxylation is 1. The Morgan fingerprint density at radius 2 is 2.17 bits per heavy atom. The van der Waals surface area contributed by atoms with Crippen molar-refractivity contribution in [2.24, 2.45) is 12.0 Å². The second-order valence-electron chi connectivity index (χ2n) is 5.53. The van der Waals surface area contributed by atoms with Gasteiger partial charge < -0.3 is 19.7 Å². The number of hydrogen-bond acceptors (Lipinski definition) is 4. The maximum atomic E-state index is 4.57. The third-order valence-electron chi connectivity index (χ3n) is 3.40. The number of nitrogens with zero attached hydrogens (tertiary/aromatic N) is 5. The standard InChI is InChI=1S/C15H23BrN6S/c1-17-14(18-7-12-10-23-15(19-12)20(2)3)22(5)9-13-6-11(16)8-21(13)4/h6,8,10H,7,9H2,1-5H3,(H,17,18). The lowest BCUT2D eigenvalue weighted by Gasteiger charge is -2.22. The first-order chi connectivity index (χ1) is 10.9. The highest BCUT2D eigenvalue weighted by molar-refractivity contribution is 9.10. The van der Waals surface area contributed by atoms with E-state index in [1.54, 1.807) is 18.4 Å². The van der Waals surface area contributed by atoms with Crippen molar-refractivity contribution in [1.82, 2.24) is 19.8 Å². The molecule has 0 radical (unpaired) electrons. The number of hydrogen-bond donors (Lipinski definition) is 1. The van der Waals surface area contributed by atoms with Crippen molar-refractivity contribution < 1.29 is 0 Å². The molecule has 0 unspecified atom stereocenters. The largest absolute Gasteiger partial charge is 0.354 e.